The van der Waals surface area contributed by atoms with Crippen LogP contribution in [0.5, 0.6) is 5.75 Å². The molecule has 0 spiro atoms. The minimum Gasteiger partial charge on any atom is -0.480 e. The lowest BCUT2D eigenvalue weighted by atomic mass is 9.81. The standard InChI is InChI=1S/C52H62O2P2.C2H6/c1-13-15-16-25-40(41-26-18-17-24-37(41)4)35-53-55-48(39(6)51(7,8)9)34-32-45-42(38(5)36(3)23-14-2)31-33-46(52(10,11)12)50(45)56-49-30-22-20-28-44(49)43-27-19-21-29-47(43)54-56;1-2/h13-31,33,35,38,55H,3,32,34H2,1-2,4-12H3;1-2H3/b15-13-,23-14-,25-16-,40-35-,48-39-;. The van der Waals surface area contributed by atoms with Crippen LogP contribution in [0.2, 0.25) is 0 Å². The Labute approximate surface area is 355 Å². The van der Waals surface area contributed by atoms with Crippen LogP contribution in [0, 0.1) is 12.3 Å². The summed E-state index contributed by atoms with van der Waals surface area (Å²) in [5, 5.41) is 3.98. The molecule has 4 aromatic rings. The Morgan fingerprint density at radius 1 is 0.828 bits per heavy atom. The Morgan fingerprint density at radius 2 is 1.48 bits per heavy atom. The van der Waals surface area contributed by atoms with Crippen LogP contribution in [0.25, 0.3) is 16.7 Å². The van der Waals surface area contributed by atoms with E-state index in [1.54, 1.807) is 0 Å². The van der Waals surface area contributed by atoms with E-state index in [0.717, 1.165) is 35.3 Å². The fourth-order valence-electron chi connectivity index (χ4n) is 7.22. The maximum absolute atomic E-state index is 7.23. The first-order valence-electron chi connectivity index (χ1n) is 21.0. The van der Waals surface area contributed by atoms with Crippen molar-refractivity contribution in [2.24, 2.45) is 5.41 Å². The van der Waals surface area contributed by atoms with Gasteiger partial charge in [-0.15, -0.1) is 0 Å². The van der Waals surface area contributed by atoms with Gasteiger partial charge in [0.05, 0.1) is 15.1 Å². The minimum atomic E-state index is -1.18. The predicted molar refractivity (Wildman–Crippen MR) is 261 cm³/mol. The van der Waals surface area contributed by atoms with Gasteiger partial charge in [0.1, 0.15) is 5.75 Å². The molecule has 4 heteroatoms. The van der Waals surface area contributed by atoms with Crippen molar-refractivity contribution in [1.82, 2.24) is 0 Å². The molecule has 0 radical (unpaired) electrons. The fraction of sp³-hybridized carbons (Fsp3) is 0.333. The van der Waals surface area contributed by atoms with Crippen LogP contribution >= 0.6 is 17.0 Å². The summed E-state index contributed by atoms with van der Waals surface area (Å²) < 4.78 is 13.9. The number of benzene rings is 4. The van der Waals surface area contributed by atoms with E-state index in [-0.39, 0.29) is 25.6 Å². The molecule has 0 N–H and O–H groups in total. The lowest BCUT2D eigenvalue weighted by Gasteiger charge is -2.35. The summed E-state index contributed by atoms with van der Waals surface area (Å²) >= 11 is 0. The fourth-order valence-corrected chi connectivity index (χ4v) is 10.8. The van der Waals surface area contributed by atoms with E-state index in [0.29, 0.717) is 0 Å². The molecule has 1 aliphatic heterocycles. The molecule has 1 heterocycles. The number of hydrogen-bond donors (Lipinski definition) is 0. The van der Waals surface area contributed by atoms with Gasteiger partial charge in [0.2, 0.25) is 0 Å². The molecular formula is C54H68O2P2. The van der Waals surface area contributed by atoms with Crippen molar-refractivity contribution in [2.75, 3.05) is 0 Å². The third-order valence-corrected chi connectivity index (χ3v) is 14.1. The summed E-state index contributed by atoms with van der Waals surface area (Å²) in [6, 6.07) is 30.7. The van der Waals surface area contributed by atoms with Crippen LogP contribution in [0.4, 0.5) is 0 Å². The Balaban J connectivity index is 0.00000366. The van der Waals surface area contributed by atoms with Crippen molar-refractivity contribution >= 4 is 33.1 Å². The number of para-hydroxylation sites is 1. The Hall–Kier alpha value is -4.22. The minimum absolute atomic E-state index is 0.00822. The highest BCUT2D eigenvalue weighted by molar-refractivity contribution is 7.69. The van der Waals surface area contributed by atoms with E-state index >= 15 is 0 Å². The van der Waals surface area contributed by atoms with Crippen molar-refractivity contribution in [2.45, 2.75) is 114 Å². The molecule has 0 fully saturated rings. The summed E-state index contributed by atoms with van der Waals surface area (Å²) in [6.07, 6.45) is 16.3. The second kappa shape index (κ2) is 21.2. The maximum Gasteiger partial charge on any atom is 0.152 e. The van der Waals surface area contributed by atoms with Crippen molar-refractivity contribution in [3.05, 3.63) is 179 Å². The number of allylic oxidation sites excluding steroid dienone is 10. The van der Waals surface area contributed by atoms with Crippen LogP contribution in [-0.2, 0) is 16.4 Å². The molecule has 0 saturated heterocycles. The summed E-state index contributed by atoms with van der Waals surface area (Å²) in [5.74, 6) is 1.09. The largest absolute Gasteiger partial charge is 0.480 e. The molecule has 3 atom stereocenters. The first-order chi connectivity index (χ1) is 27.7. The van der Waals surface area contributed by atoms with E-state index in [4.69, 9.17) is 9.05 Å². The topological polar surface area (TPSA) is 18.5 Å². The molecule has 0 saturated carbocycles. The summed E-state index contributed by atoms with van der Waals surface area (Å²) in [6.45, 7) is 33.4. The Morgan fingerprint density at radius 3 is 2.14 bits per heavy atom. The lowest BCUT2D eigenvalue weighted by molar-refractivity contribution is 0.496. The van der Waals surface area contributed by atoms with E-state index in [2.05, 4.69) is 191 Å². The van der Waals surface area contributed by atoms with Crippen molar-refractivity contribution in [3.8, 4) is 16.9 Å². The van der Waals surface area contributed by atoms with Crippen LogP contribution in [0.15, 0.2) is 151 Å². The molecule has 5 rings (SSSR count). The third-order valence-electron chi connectivity index (χ3n) is 10.8. The summed E-state index contributed by atoms with van der Waals surface area (Å²) in [4.78, 5) is 0. The average molecular weight is 811 g/mol. The van der Waals surface area contributed by atoms with E-state index in [1.165, 1.54) is 54.9 Å². The van der Waals surface area contributed by atoms with E-state index in [1.807, 2.05) is 33.1 Å². The highest BCUT2D eigenvalue weighted by Crippen LogP contribution is 2.51. The predicted octanol–water partition coefficient (Wildman–Crippen LogP) is 16.0. The van der Waals surface area contributed by atoms with E-state index in [9.17, 15) is 0 Å². The molecule has 2 nitrogen and oxygen atoms in total. The van der Waals surface area contributed by atoms with Gasteiger partial charge >= 0.3 is 0 Å². The summed E-state index contributed by atoms with van der Waals surface area (Å²) in [5.41, 5.74) is 12.3. The maximum atomic E-state index is 7.23. The first kappa shape index (κ1) is 46.5. The van der Waals surface area contributed by atoms with Gasteiger partial charge < -0.3 is 9.05 Å². The zero-order chi connectivity index (χ0) is 42.6. The van der Waals surface area contributed by atoms with Crippen molar-refractivity contribution < 1.29 is 9.05 Å². The van der Waals surface area contributed by atoms with Crippen LogP contribution < -0.4 is 15.1 Å². The monoisotopic (exact) mass is 810 g/mol. The highest BCUT2D eigenvalue weighted by Gasteiger charge is 2.35. The van der Waals surface area contributed by atoms with Gasteiger partial charge in [0, 0.05) is 27.7 Å². The van der Waals surface area contributed by atoms with Crippen molar-refractivity contribution in [3.63, 3.8) is 0 Å². The molecule has 1 aliphatic rings. The molecule has 4 aromatic carbocycles. The molecule has 58 heavy (non-hydrogen) atoms. The van der Waals surface area contributed by atoms with Crippen LogP contribution in [0.3, 0.4) is 0 Å². The molecular weight excluding hydrogens is 743 g/mol. The van der Waals surface area contributed by atoms with Crippen molar-refractivity contribution in [1.29, 1.82) is 0 Å². The molecule has 3 unspecified atom stereocenters. The van der Waals surface area contributed by atoms with Gasteiger partial charge in [-0.2, -0.15) is 0 Å². The SMILES string of the molecule is C=C(/C=C\C)C(C)c1ccc(C(C)(C)C)c(P2Oc3ccccc3-c3ccccc32)c1CC/C(PO/C=C(/C=C\C=C/C)c1ccccc1C)=C(\C)C(C)(C)C.CC. The lowest BCUT2D eigenvalue weighted by Crippen LogP contribution is -2.32. The number of hydrogen-bond acceptors (Lipinski definition) is 2. The Bertz CT molecular complexity index is 2180. The van der Waals surface area contributed by atoms with Gasteiger partial charge in [-0.25, -0.2) is 0 Å². The Kier molecular flexibility index (Phi) is 17.0. The number of rotatable bonds is 13. The van der Waals surface area contributed by atoms with E-state index < -0.39 is 8.15 Å². The molecule has 0 bridgehead atoms. The highest BCUT2D eigenvalue weighted by atomic mass is 31.1. The van der Waals surface area contributed by atoms with Gasteiger partial charge in [0.25, 0.3) is 0 Å². The molecule has 0 amide bonds. The second-order valence-corrected chi connectivity index (χ2v) is 19.6. The van der Waals surface area contributed by atoms with Crippen LogP contribution in [0.1, 0.15) is 123 Å². The quantitative estimate of drug-likeness (QED) is 0.0761. The smallest absolute Gasteiger partial charge is 0.152 e. The first-order valence-corrected chi connectivity index (χ1v) is 23.2. The van der Waals surface area contributed by atoms with Gasteiger partial charge in [0.15, 0.2) is 8.15 Å². The zero-order valence-corrected chi connectivity index (χ0v) is 39.5. The molecule has 0 aromatic heterocycles. The number of fused-ring (bicyclic) bond motifs is 3. The number of aryl methyl sites for hydroxylation is 1. The van der Waals surface area contributed by atoms with Gasteiger partial charge in [-0.05, 0) is 102 Å². The normalized spacial score (nSPS) is 15.5. The summed E-state index contributed by atoms with van der Waals surface area (Å²) in [7, 11) is -0.996. The van der Waals surface area contributed by atoms with Crippen LogP contribution in [-0.4, -0.2) is 0 Å². The average Bonchev–Trinajstić information content (AvgIpc) is 3.20. The van der Waals surface area contributed by atoms with Gasteiger partial charge in [-0.3, -0.25) is 0 Å². The van der Waals surface area contributed by atoms with Gasteiger partial charge in [-0.1, -0.05) is 190 Å². The third kappa shape index (κ3) is 11.3. The molecule has 306 valence electrons. The zero-order valence-electron chi connectivity index (χ0n) is 37.6. The molecule has 0 aliphatic carbocycles. The second-order valence-electron chi connectivity index (χ2n) is 16.8.